The maximum atomic E-state index is 12.8. The SMILES string of the molecule is O=C(Nc1cc(C(F)(F)F)cc(C(F)(F)F)c1)Nc1cc(Br)ccc1Br. The molecule has 0 saturated heterocycles. The lowest BCUT2D eigenvalue weighted by atomic mass is 10.1. The van der Waals surface area contributed by atoms with Crippen LogP contribution in [0.5, 0.6) is 0 Å². The van der Waals surface area contributed by atoms with E-state index < -0.39 is 35.2 Å². The third-order valence-corrected chi connectivity index (χ3v) is 4.21. The van der Waals surface area contributed by atoms with Crippen LogP contribution in [0, 0.1) is 0 Å². The van der Waals surface area contributed by atoms with Gasteiger partial charge in [0, 0.05) is 14.6 Å². The molecule has 0 aromatic heterocycles. The van der Waals surface area contributed by atoms with Crippen LogP contribution in [0.1, 0.15) is 11.1 Å². The van der Waals surface area contributed by atoms with Crippen LogP contribution in [0.3, 0.4) is 0 Å². The normalized spacial score (nSPS) is 12.0. The number of benzene rings is 2. The molecule has 2 aromatic carbocycles. The number of rotatable bonds is 2. The van der Waals surface area contributed by atoms with Crippen molar-refractivity contribution in [1.29, 1.82) is 0 Å². The first-order valence-electron chi connectivity index (χ1n) is 6.69. The maximum absolute atomic E-state index is 12.8. The Bertz CT molecular complexity index is 804. The third-order valence-electron chi connectivity index (χ3n) is 3.02. The second-order valence-corrected chi connectivity index (χ2v) is 6.77. The van der Waals surface area contributed by atoms with E-state index in [4.69, 9.17) is 0 Å². The van der Waals surface area contributed by atoms with Gasteiger partial charge in [-0.3, -0.25) is 0 Å². The van der Waals surface area contributed by atoms with E-state index in [0.717, 1.165) is 0 Å². The zero-order valence-corrected chi connectivity index (χ0v) is 15.6. The molecule has 0 aliphatic heterocycles. The predicted molar refractivity (Wildman–Crippen MR) is 90.9 cm³/mol. The molecule has 0 atom stereocenters. The van der Waals surface area contributed by atoms with Gasteiger partial charge >= 0.3 is 18.4 Å². The fraction of sp³-hybridized carbons (Fsp3) is 0.133. The van der Waals surface area contributed by atoms with Crippen molar-refractivity contribution in [2.24, 2.45) is 0 Å². The van der Waals surface area contributed by atoms with Crippen molar-refractivity contribution in [3.8, 4) is 0 Å². The molecule has 0 bridgehead atoms. The molecule has 2 amide bonds. The minimum absolute atomic E-state index is 0.0199. The van der Waals surface area contributed by atoms with Crippen molar-refractivity contribution in [3.05, 3.63) is 56.5 Å². The number of alkyl halides is 6. The summed E-state index contributed by atoms with van der Waals surface area (Å²) in [7, 11) is 0. The molecular weight excluding hydrogens is 498 g/mol. The zero-order chi connectivity index (χ0) is 19.7. The van der Waals surface area contributed by atoms with Gasteiger partial charge < -0.3 is 10.6 Å². The first kappa shape index (κ1) is 20.6. The zero-order valence-electron chi connectivity index (χ0n) is 12.4. The highest BCUT2D eigenvalue weighted by atomic mass is 79.9. The smallest absolute Gasteiger partial charge is 0.308 e. The quantitative estimate of drug-likeness (QED) is 0.428. The van der Waals surface area contributed by atoms with Gasteiger partial charge in [0.1, 0.15) is 0 Å². The van der Waals surface area contributed by atoms with Gasteiger partial charge in [0.15, 0.2) is 0 Å². The van der Waals surface area contributed by atoms with Crippen LogP contribution < -0.4 is 10.6 Å². The first-order chi connectivity index (χ1) is 11.9. The molecule has 11 heteroatoms. The standard InChI is InChI=1S/C15H8Br2F6N2O/c16-9-1-2-11(17)12(6-9)25-13(26)24-10-4-7(14(18,19)20)3-8(5-10)15(21,22)23/h1-6H,(H2,24,25,26). The average molecular weight is 506 g/mol. The molecule has 0 fully saturated rings. The number of urea groups is 1. The topological polar surface area (TPSA) is 41.1 Å². The van der Waals surface area contributed by atoms with Gasteiger partial charge in [-0.15, -0.1) is 0 Å². The van der Waals surface area contributed by atoms with E-state index in [2.05, 4.69) is 37.2 Å². The maximum Gasteiger partial charge on any atom is 0.416 e. The van der Waals surface area contributed by atoms with Crippen LogP contribution in [-0.4, -0.2) is 6.03 Å². The van der Waals surface area contributed by atoms with E-state index >= 15 is 0 Å². The second kappa shape index (κ2) is 7.47. The van der Waals surface area contributed by atoms with Crippen molar-refractivity contribution in [2.45, 2.75) is 12.4 Å². The van der Waals surface area contributed by atoms with E-state index in [-0.39, 0.29) is 11.8 Å². The van der Waals surface area contributed by atoms with Gasteiger partial charge in [-0.25, -0.2) is 4.79 Å². The Labute approximate surface area is 160 Å². The third kappa shape index (κ3) is 5.37. The van der Waals surface area contributed by atoms with Gasteiger partial charge in [-0.1, -0.05) is 15.9 Å². The van der Waals surface area contributed by atoms with Crippen molar-refractivity contribution < 1.29 is 31.1 Å². The molecule has 0 spiro atoms. The molecule has 2 aromatic rings. The summed E-state index contributed by atoms with van der Waals surface area (Å²) in [6.07, 6.45) is -10.00. The highest BCUT2D eigenvalue weighted by Gasteiger charge is 2.37. The number of hydrogen-bond donors (Lipinski definition) is 2. The molecule has 0 unspecified atom stereocenters. The fourth-order valence-corrected chi connectivity index (χ4v) is 2.61. The minimum Gasteiger partial charge on any atom is -0.308 e. The van der Waals surface area contributed by atoms with Crippen LogP contribution in [0.25, 0.3) is 0 Å². The number of carbonyl (C=O) groups excluding carboxylic acids is 1. The van der Waals surface area contributed by atoms with E-state index in [9.17, 15) is 31.1 Å². The van der Waals surface area contributed by atoms with Gasteiger partial charge in [0.25, 0.3) is 0 Å². The van der Waals surface area contributed by atoms with Gasteiger partial charge in [0.05, 0.1) is 16.8 Å². The molecule has 0 heterocycles. The molecule has 140 valence electrons. The van der Waals surface area contributed by atoms with Gasteiger partial charge in [0.2, 0.25) is 0 Å². The van der Waals surface area contributed by atoms with E-state index in [1.54, 1.807) is 12.1 Å². The number of nitrogens with one attached hydrogen (secondary N) is 2. The molecule has 0 saturated carbocycles. The van der Waals surface area contributed by atoms with E-state index in [1.807, 2.05) is 5.32 Å². The molecular formula is C15H8Br2F6N2O. The number of hydrogen-bond acceptors (Lipinski definition) is 1. The van der Waals surface area contributed by atoms with E-state index in [0.29, 0.717) is 21.1 Å². The first-order valence-corrected chi connectivity index (χ1v) is 8.27. The number of carbonyl (C=O) groups is 1. The molecule has 2 N–H and O–H groups in total. The summed E-state index contributed by atoms with van der Waals surface area (Å²) in [5.74, 6) is 0. The lowest BCUT2D eigenvalue weighted by molar-refractivity contribution is -0.143. The Kier molecular flexibility index (Phi) is 5.91. The van der Waals surface area contributed by atoms with Crippen LogP contribution in [0.15, 0.2) is 45.3 Å². The Hall–Kier alpha value is -1.75. The summed E-state index contributed by atoms with van der Waals surface area (Å²) >= 11 is 6.33. The van der Waals surface area contributed by atoms with Crippen molar-refractivity contribution in [2.75, 3.05) is 10.6 Å². The highest BCUT2D eigenvalue weighted by molar-refractivity contribution is 9.11. The van der Waals surface area contributed by atoms with Crippen LogP contribution in [0.2, 0.25) is 0 Å². The molecule has 2 rings (SSSR count). The van der Waals surface area contributed by atoms with Crippen molar-refractivity contribution in [3.63, 3.8) is 0 Å². The Morgan fingerprint density at radius 2 is 1.35 bits per heavy atom. The predicted octanol–water partition coefficient (Wildman–Crippen LogP) is 6.89. The van der Waals surface area contributed by atoms with Crippen LogP contribution >= 0.6 is 31.9 Å². The molecule has 0 aliphatic carbocycles. The summed E-state index contributed by atoms with van der Waals surface area (Å²) in [6.45, 7) is 0. The van der Waals surface area contributed by atoms with Gasteiger partial charge in [-0.2, -0.15) is 26.3 Å². The van der Waals surface area contributed by atoms with Crippen molar-refractivity contribution >= 4 is 49.3 Å². The van der Waals surface area contributed by atoms with Crippen molar-refractivity contribution in [1.82, 2.24) is 0 Å². The Balaban J connectivity index is 2.30. The largest absolute Gasteiger partial charge is 0.416 e. The number of amides is 2. The molecule has 26 heavy (non-hydrogen) atoms. The molecule has 0 aliphatic rings. The molecule has 3 nitrogen and oxygen atoms in total. The summed E-state index contributed by atoms with van der Waals surface area (Å²) in [5.41, 5.74) is -3.42. The van der Waals surface area contributed by atoms with Crippen LogP contribution in [-0.2, 0) is 12.4 Å². The Morgan fingerprint density at radius 3 is 1.85 bits per heavy atom. The Morgan fingerprint density at radius 1 is 0.808 bits per heavy atom. The summed E-state index contributed by atoms with van der Waals surface area (Å²) < 4.78 is 77.9. The highest BCUT2D eigenvalue weighted by Crippen LogP contribution is 2.37. The summed E-state index contributed by atoms with van der Waals surface area (Å²) in [4.78, 5) is 11.9. The van der Waals surface area contributed by atoms with E-state index in [1.165, 1.54) is 6.07 Å². The minimum atomic E-state index is -5.00. The number of halogens is 8. The van der Waals surface area contributed by atoms with Gasteiger partial charge in [-0.05, 0) is 52.3 Å². The lowest BCUT2D eigenvalue weighted by Crippen LogP contribution is -2.21. The molecule has 0 radical (unpaired) electrons. The lowest BCUT2D eigenvalue weighted by Gasteiger charge is -2.15. The summed E-state index contributed by atoms with van der Waals surface area (Å²) in [5, 5.41) is 4.30. The number of anilines is 2. The second-order valence-electron chi connectivity index (χ2n) is 5.00. The van der Waals surface area contributed by atoms with Crippen LogP contribution in [0.4, 0.5) is 42.5 Å². The monoisotopic (exact) mass is 504 g/mol. The fourth-order valence-electron chi connectivity index (χ4n) is 1.91. The summed E-state index contributed by atoms with van der Waals surface area (Å²) in [6, 6.07) is 4.57. The average Bonchev–Trinajstić information content (AvgIpc) is 2.49.